The first kappa shape index (κ1) is 23.9. The first-order valence-corrected chi connectivity index (χ1v) is 10.7. The van der Waals surface area contributed by atoms with Gasteiger partial charge in [0.05, 0.1) is 27.8 Å². The Bertz CT molecular complexity index is 1110. The number of nitrogens with zero attached hydrogens (tertiary/aromatic N) is 1. The van der Waals surface area contributed by atoms with Gasteiger partial charge in [-0.3, -0.25) is 9.69 Å². The molecule has 0 saturated heterocycles. The summed E-state index contributed by atoms with van der Waals surface area (Å²) >= 11 is 0. The van der Waals surface area contributed by atoms with Crippen LogP contribution in [-0.2, 0) is 33.8 Å². The van der Waals surface area contributed by atoms with Crippen molar-refractivity contribution in [2.45, 2.75) is 26.4 Å². The fourth-order valence-electron chi connectivity index (χ4n) is 3.75. The lowest BCUT2D eigenvalue weighted by molar-refractivity contribution is -0.139. The highest BCUT2D eigenvalue weighted by atomic mass is 16.5. The molecule has 0 heterocycles. The molecule has 3 aromatic rings. The predicted octanol–water partition coefficient (Wildman–Crippen LogP) is 5.15. The third kappa shape index (κ3) is 6.13. The van der Waals surface area contributed by atoms with E-state index in [9.17, 15) is 9.59 Å². The number of rotatable bonds is 8. The first-order chi connectivity index (χ1) is 15.9. The molecule has 33 heavy (non-hydrogen) atoms. The van der Waals surface area contributed by atoms with Gasteiger partial charge in [-0.05, 0) is 41.3 Å². The van der Waals surface area contributed by atoms with Gasteiger partial charge in [0.25, 0.3) is 0 Å². The van der Waals surface area contributed by atoms with E-state index in [0.717, 1.165) is 33.4 Å². The zero-order valence-electron chi connectivity index (χ0n) is 19.5. The van der Waals surface area contributed by atoms with E-state index in [1.165, 1.54) is 14.2 Å². The second-order valence-electron chi connectivity index (χ2n) is 7.76. The van der Waals surface area contributed by atoms with E-state index in [4.69, 9.17) is 14.2 Å². The molecule has 0 spiro atoms. The van der Waals surface area contributed by atoms with E-state index in [1.807, 2.05) is 67.6 Å². The molecule has 172 valence electrons. The fraction of sp³-hybridized carbons (Fsp3) is 0.259. The topological polar surface area (TPSA) is 65.1 Å². The van der Waals surface area contributed by atoms with E-state index in [0.29, 0.717) is 18.8 Å². The number of amides is 1. The molecule has 1 amide bonds. The highest BCUT2D eigenvalue weighted by Crippen LogP contribution is 2.35. The third-order valence-electron chi connectivity index (χ3n) is 5.40. The summed E-state index contributed by atoms with van der Waals surface area (Å²) in [5, 5.41) is 0. The van der Waals surface area contributed by atoms with Crippen LogP contribution in [0.2, 0.25) is 0 Å². The predicted molar refractivity (Wildman–Crippen MR) is 127 cm³/mol. The molecule has 0 aromatic heterocycles. The van der Waals surface area contributed by atoms with Gasteiger partial charge in [0.2, 0.25) is 0 Å². The van der Waals surface area contributed by atoms with Gasteiger partial charge in [-0.2, -0.15) is 0 Å². The Balaban J connectivity index is 2.03. The number of carbonyl (C=O) groups excluding carboxylic acids is 2. The minimum atomic E-state index is -0.405. The summed E-state index contributed by atoms with van der Waals surface area (Å²) in [7, 11) is 4.37. The lowest BCUT2D eigenvalue weighted by Crippen LogP contribution is -2.30. The maximum Gasteiger partial charge on any atom is 0.410 e. The molecule has 0 fully saturated rings. The van der Waals surface area contributed by atoms with Gasteiger partial charge in [0.15, 0.2) is 0 Å². The van der Waals surface area contributed by atoms with Crippen molar-refractivity contribution in [3.05, 3.63) is 89.0 Å². The lowest BCUT2D eigenvalue weighted by Gasteiger charge is -2.24. The molecular weight excluding hydrogens is 418 g/mol. The van der Waals surface area contributed by atoms with E-state index < -0.39 is 6.09 Å². The number of aryl methyl sites for hydroxylation is 1. The summed E-state index contributed by atoms with van der Waals surface area (Å²) in [4.78, 5) is 26.1. The molecule has 0 unspecified atom stereocenters. The molecule has 0 saturated carbocycles. The Kier molecular flexibility index (Phi) is 8.08. The Morgan fingerprint density at radius 3 is 2.21 bits per heavy atom. The molecule has 6 heteroatoms. The largest absolute Gasteiger partial charge is 0.496 e. The Labute approximate surface area is 194 Å². The van der Waals surface area contributed by atoms with Crippen LogP contribution in [0.4, 0.5) is 4.79 Å². The summed E-state index contributed by atoms with van der Waals surface area (Å²) in [5.74, 6) is 0.372. The van der Waals surface area contributed by atoms with Crippen molar-refractivity contribution < 1.29 is 23.8 Å². The molecule has 0 N–H and O–H groups in total. The maximum atomic E-state index is 12.6. The van der Waals surface area contributed by atoms with Gasteiger partial charge in [0, 0.05) is 18.7 Å². The Hall–Kier alpha value is -3.80. The number of benzene rings is 3. The molecular formula is C27H29NO5. The second-order valence-corrected chi connectivity index (χ2v) is 7.76. The Morgan fingerprint density at radius 1 is 0.788 bits per heavy atom. The second kappa shape index (κ2) is 11.2. The van der Waals surface area contributed by atoms with Crippen LogP contribution in [0.15, 0.2) is 66.7 Å². The normalized spacial score (nSPS) is 10.4. The van der Waals surface area contributed by atoms with E-state index in [2.05, 4.69) is 6.07 Å². The van der Waals surface area contributed by atoms with Gasteiger partial charge < -0.3 is 14.2 Å². The number of carbonyl (C=O) groups is 2. The van der Waals surface area contributed by atoms with Gasteiger partial charge in [-0.1, -0.05) is 60.2 Å². The van der Waals surface area contributed by atoms with Gasteiger partial charge in [-0.15, -0.1) is 0 Å². The summed E-state index contributed by atoms with van der Waals surface area (Å²) < 4.78 is 15.5. The highest BCUT2D eigenvalue weighted by molar-refractivity contribution is 5.78. The van der Waals surface area contributed by atoms with E-state index in [1.54, 1.807) is 12.0 Å². The zero-order valence-corrected chi connectivity index (χ0v) is 19.5. The van der Waals surface area contributed by atoms with Crippen LogP contribution < -0.4 is 4.74 Å². The minimum Gasteiger partial charge on any atom is -0.496 e. The SMILES string of the molecule is COC(=O)Cc1ccc(OC)c(-c2ccc(C)cc2CN(Cc2ccccc2)C(=O)OC)c1. The maximum absolute atomic E-state index is 12.6. The quantitative estimate of drug-likeness (QED) is 0.447. The first-order valence-electron chi connectivity index (χ1n) is 10.7. The standard InChI is InChI=1S/C27H29NO5/c1-19-10-12-23(24-15-21(16-26(29)32-3)11-13-25(24)31-2)22(14-19)18-28(27(30)33-4)17-20-8-6-5-7-9-20/h5-15H,16-18H2,1-4H3. The van der Waals surface area contributed by atoms with Crippen LogP contribution in [0, 0.1) is 6.92 Å². The van der Waals surface area contributed by atoms with E-state index >= 15 is 0 Å². The molecule has 0 aliphatic rings. The molecule has 3 rings (SSSR count). The van der Waals surface area contributed by atoms with Crippen molar-refractivity contribution in [1.29, 1.82) is 0 Å². The van der Waals surface area contributed by atoms with Crippen LogP contribution in [0.3, 0.4) is 0 Å². The summed E-state index contributed by atoms with van der Waals surface area (Å²) in [6.07, 6.45) is -0.241. The highest BCUT2D eigenvalue weighted by Gasteiger charge is 2.19. The van der Waals surface area contributed by atoms with Crippen molar-refractivity contribution in [1.82, 2.24) is 4.90 Å². The molecule has 0 bridgehead atoms. The summed E-state index contributed by atoms with van der Waals surface area (Å²) in [6, 6.07) is 21.5. The number of ether oxygens (including phenoxy) is 3. The number of hydrogen-bond acceptors (Lipinski definition) is 5. The molecule has 0 aliphatic heterocycles. The number of methoxy groups -OCH3 is 3. The van der Waals surface area contributed by atoms with Crippen molar-refractivity contribution in [2.24, 2.45) is 0 Å². The van der Waals surface area contributed by atoms with Crippen molar-refractivity contribution in [2.75, 3.05) is 21.3 Å². The van der Waals surface area contributed by atoms with Crippen LogP contribution in [-0.4, -0.2) is 38.3 Å². The molecule has 0 radical (unpaired) electrons. The number of esters is 1. The minimum absolute atomic E-state index is 0.164. The van der Waals surface area contributed by atoms with Crippen LogP contribution in [0.25, 0.3) is 11.1 Å². The fourth-order valence-corrected chi connectivity index (χ4v) is 3.75. The van der Waals surface area contributed by atoms with Crippen molar-refractivity contribution >= 4 is 12.1 Å². The van der Waals surface area contributed by atoms with Gasteiger partial charge in [-0.25, -0.2) is 4.79 Å². The molecule has 3 aromatic carbocycles. The van der Waals surface area contributed by atoms with Crippen molar-refractivity contribution in [3.63, 3.8) is 0 Å². The van der Waals surface area contributed by atoms with Gasteiger partial charge >= 0.3 is 12.1 Å². The van der Waals surface area contributed by atoms with Crippen molar-refractivity contribution in [3.8, 4) is 16.9 Å². The molecule has 0 atom stereocenters. The summed E-state index contributed by atoms with van der Waals surface area (Å²) in [5.41, 5.74) is 5.62. The van der Waals surface area contributed by atoms with Crippen LogP contribution >= 0.6 is 0 Å². The smallest absolute Gasteiger partial charge is 0.410 e. The molecule has 0 aliphatic carbocycles. The monoisotopic (exact) mass is 447 g/mol. The van der Waals surface area contributed by atoms with Gasteiger partial charge in [0.1, 0.15) is 5.75 Å². The van der Waals surface area contributed by atoms with Crippen LogP contribution in [0.1, 0.15) is 22.3 Å². The Morgan fingerprint density at radius 2 is 1.55 bits per heavy atom. The third-order valence-corrected chi connectivity index (χ3v) is 5.40. The number of hydrogen-bond donors (Lipinski definition) is 0. The van der Waals surface area contributed by atoms with E-state index in [-0.39, 0.29) is 12.4 Å². The van der Waals surface area contributed by atoms with Crippen LogP contribution in [0.5, 0.6) is 5.75 Å². The summed E-state index contributed by atoms with van der Waals surface area (Å²) in [6.45, 7) is 2.78. The average Bonchev–Trinajstić information content (AvgIpc) is 2.83. The average molecular weight is 448 g/mol. The molecule has 6 nitrogen and oxygen atoms in total. The lowest BCUT2D eigenvalue weighted by atomic mass is 9.94. The zero-order chi connectivity index (χ0) is 23.8.